The second-order valence-electron chi connectivity index (χ2n) is 3.39. The van der Waals surface area contributed by atoms with Crippen LogP contribution in [0.5, 0.6) is 11.6 Å². The van der Waals surface area contributed by atoms with Gasteiger partial charge < -0.3 is 9.72 Å². The zero-order valence-electron chi connectivity index (χ0n) is 9.18. The van der Waals surface area contributed by atoms with E-state index in [-0.39, 0.29) is 5.56 Å². The number of H-pyrrole nitrogens is 1. The summed E-state index contributed by atoms with van der Waals surface area (Å²) in [7, 11) is 0. The van der Waals surface area contributed by atoms with E-state index >= 15 is 0 Å². The van der Waals surface area contributed by atoms with Crippen molar-refractivity contribution >= 4 is 22.6 Å². The first-order valence-corrected chi connectivity index (χ1v) is 6.22. The normalized spacial score (nSPS) is 10.5. The number of halogens is 1. The van der Waals surface area contributed by atoms with Crippen molar-refractivity contribution in [2.45, 2.75) is 19.9 Å². The van der Waals surface area contributed by atoms with Crippen LogP contribution in [0.2, 0.25) is 0 Å². The van der Waals surface area contributed by atoms with Gasteiger partial charge in [0.15, 0.2) is 5.75 Å². The Labute approximate surface area is 111 Å². The highest BCUT2D eigenvalue weighted by molar-refractivity contribution is 14.1. The standard InChI is InChI=1S/C10H11IN4O2/c1-2-3-15-5-7(4-14-15)17-10-8(11)9(16)12-6-13-10/h4-6H,2-3H2,1H3,(H,12,13,16). The van der Waals surface area contributed by atoms with Gasteiger partial charge in [0.05, 0.1) is 18.7 Å². The predicted molar refractivity (Wildman–Crippen MR) is 70.2 cm³/mol. The number of rotatable bonds is 4. The van der Waals surface area contributed by atoms with Crippen molar-refractivity contribution < 1.29 is 4.74 Å². The van der Waals surface area contributed by atoms with Crippen molar-refractivity contribution in [3.05, 3.63) is 32.6 Å². The maximum atomic E-state index is 11.3. The van der Waals surface area contributed by atoms with Gasteiger partial charge in [-0.15, -0.1) is 0 Å². The molecular formula is C10H11IN4O2. The number of nitrogens with zero attached hydrogens (tertiary/aromatic N) is 3. The molecule has 0 aliphatic carbocycles. The first-order valence-electron chi connectivity index (χ1n) is 5.14. The number of aryl methyl sites for hydroxylation is 1. The van der Waals surface area contributed by atoms with E-state index in [0.717, 1.165) is 13.0 Å². The van der Waals surface area contributed by atoms with Crippen LogP contribution in [0.15, 0.2) is 23.5 Å². The number of ether oxygens (including phenoxy) is 1. The third kappa shape index (κ3) is 2.84. The highest BCUT2D eigenvalue weighted by Gasteiger charge is 2.08. The van der Waals surface area contributed by atoms with E-state index in [1.54, 1.807) is 17.1 Å². The topological polar surface area (TPSA) is 72.8 Å². The SMILES string of the molecule is CCCn1cc(Oc2nc[nH]c(=O)c2I)cn1. The van der Waals surface area contributed by atoms with Crippen LogP contribution in [0.4, 0.5) is 0 Å². The fourth-order valence-corrected chi connectivity index (χ4v) is 1.70. The van der Waals surface area contributed by atoms with Crippen LogP contribution < -0.4 is 10.3 Å². The molecule has 0 amide bonds. The molecule has 17 heavy (non-hydrogen) atoms. The lowest BCUT2D eigenvalue weighted by atomic mass is 10.5. The van der Waals surface area contributed by atoms with Gasteiger partial charge in [0.1, 0.15) is 3.57 Å². The zero-order valence-corrected chi connectivity index (χ0v) is 11.3. The van der Waals surface area contributed by atoms with Crippen LogP contribution in [0.25, 0.3) is 0 Å². The van der Waals surface area contributed by atoms with Crippen molar-refractivity contribution in [2.24, 2.45) is 0 Å². The molecule has 0 aliphatic heterocycles. The molecule has 0 spiro atoms. The molecule has 2 heterocycles. The van der Waals surface area contributed by atoms with Gasteiger partial charge in [0.2, 0.25) is 5.88 Å². The Morgan fingerprint density at radius 1 is 1.59 bits per heavy atom. The van der Waals surface area contributed by atoms with Gasteiger partial charge in [-0.25, -0.2) is 4.98 Å². The van der Waals surface area contributed by atoms with Gasteiger partial charge in [-0.1, -0.05) is 6.92 Å². The summed E-state index contributed by atoms with van der Waals surface area (Å²) in [5.41, 5.74) is -0.212. The van der Waals surface area contributed by atoms with Crippen LogP contribution in [-0.2, 0) is 6.54 Å². The van der Waals surface area contributed by atoms with E-state index in [9.17, 15) is 4.79 Å². The summed E-state index contributed by atoms with van der Waals surface area (Å²) in [5.74, 6) is 0.875. The molecule has 0 aromatic carbocycles. The van der Waals surface area contributed by atoms with Gasteiger partial charge in [-0.3, -0.25) is 9.48 Å². The van der Waals surface area contributed by atoms with Crippen LogP contribution in [0, 0.1) is 3.57 Å². The third-order valence-electron chi connectivity index (χ3n) is 2.04. The van der Waals surface area contributed by atoms with Crippen LogP contribution in [0.3, 0.4) is 0 Å². The summed E-state index contributed by atoms with van der Waals surface area (Å²) in [6.45, 7) is 2.91. The first-order chi connectivity index (χ1) is 8.20. The Balaban J connectivity index is 2.19. The van der Waals surface area contributed by atoms with Crippen LogP contribution in [-0.4, -0.2) is 19.7 Å². The molecule has 2 aromatic rings. The Kier molecular flexibility index (Phi) is 3.77. The third-order valence-corrected chi connectivity index (χ3v) is 2.99. The first kappa shape index (κ1) is 12.1. The highest BCUT2D eigenvalue weighted by Crippen LogP contribution is 2.20. The van der Waals surface area contributed by atoms with Crippen molar-refractivity contribution in [2.75, 3.05) is 0 Å². The molecular weight excluding hydrogens is 335 g/mol. The Morgan fingerprint density at radius 2 is 2.41 bits per heavy atom. The van der Waals surface area contributed by atoms with E-state index in [1.165, 1.54) is 6.33 Å². The molecule has 2 aromatic heterocycles. The fraction of sp³-hybridized carbons (Fsp3) is 0.300. The number of aromatic amines is 1. The molecule has 0 bridgehead atoms. The lowest BCUT2D eigenvalue weighted by Crippen LogP contribution is -2.11. The highest BCUT2D eigenvalue weighted by atomic mass is 127. The summed E-state index contributed by atoms with van der Waals surface area (Å²) >= 11 is 1.90. The molecule has 2 rings (SSSR count). The molecule has 7 heteroatoms. The summed E-state index contributed by atoms with van der Waals surface area (Å²) in [4.78, 5) is 17.8. The summed E-state index contributed by atoms with van der Waals surface area (Å²) < 4.78 is 7.71. The molecule has 0 unspecified atom stereocenters. The average Bonchev–Trinajstić information content (AvgIpc) is 2.73. The molecule has 0 saturated carbocycles. The molecule has 0 saturated heterocycles. The second kappa shape index (κ2) is 5.30. The smallest absolute Gasteiger partial charge is 0.268 e. The largest absolute Gasteiger partial charge is 0.434 e. The maximum absolute atomic E-state index is 11.3. The molecule has 0 radical (unpaired) electrons. The molecule has 0 atom stereocenters. The second-order valence-corrected chi connectivity index (χ2v) is 4.47. The van der Waals surface area contributed by atoms with Crippen molar-refractivity contribution in [3.8, 4) is 11.6 Å². The molecule has 0 aliphatic rings. The summed E-state index contributed by atoms with van der Waals surface area (Å²) in [6.07, 6.45) is 5.70. The number of hydrogen-bond donors (Lipinski definition) is 1. The van der Waals surface area contributed by atoms with Crippen LogP contribution in [0.1, 0.15) is 13.3 Å². The summed E-state index contributed by atoms with van der Waals surface area (Å²) in [6, 6.07) is 0. The minimum atomic E-state index is -0.212. The van der Waals surface area contributed by atoms with Crippen molar-refractivity contribution in [1.82, 2.24) is 19.7 Å². The minimum absolute atomic E-state index is 0.212. The zero-order chi connectivity index (χ0) is 12.3. The number of aromatic nitrogens is 4. The monoisotopic (exact) mass is 346 g/mol. The van der Waals surface area contributed by atoms with E-state index in [1.807, 2.05) is 22.6 Å². The lowest BCUT2D eigenvalue weighted by Gasteiger charge is -2.02. The van der Waals surface area contributed by atoms with Crippen LogP contribution >= 0.6 is 22.6 Å². The lowest BCUT2D eigenvalue weighted by molar-refractivity contribution is 0.455. The van der Waals surface area contributed by atoms with Gasteiger partial charge in [-0.05, 0) is 29.0 Å². The Hall–Kier alpha value is -1.38. The van der Waals surface area contributed by atoms with E-state index in [4.69, 9.17) is 4.74 Å². The molecule has 0 fully saturated rings. The van der Waals surface area contributed by atoms with Crippen molar-refractivity contribution in [1.29, 1.82) is 0 Å². The predicted octanol–water partition coefficient (Wildman–Crippen LogP) is 1.77. The fourth-order valence-electron chi connectivity index (χ4n) is 1.30. The molecule has 6 nitrogen and oxygen atoms in total. The Bertz CT molecular complexity index is 563. The van der Waals surface area contributed by atoms with Crippen molar-refractivity contribution in [3.63, 3.8) is 0 Å². The van der Waals surface area contributed by atoms with E-state index in [0.29, 0.717) is 15.2 Å². The average molecular weight is 346 g/mol. The van der Waals surface area contributed by atoms with E-state index in [2.05, 4.69) is 22.0 Å². The quantitative estimate of drug-likeness (QED) is 0.857. The number of nitrogens with one attached hydrogen (secondary N) is 1. The van der Waals surface area contributed by atoms with Gasteiger partial charge >= 0.3 is 0 Å². The maximum Gasteiger partial charge on any atom is 0.268 e. The number of hydrogen-bond acceptors (Lipinski definition) is 4. The molecule has 1 N–H and O–H groups in total. The minimum Gasteiger partial charge on any atom is -0.434 e. The van der Waals surface area contributed by atoms with Gasteiger partial charge in [0.25, 0.3) is 5.56 Å². The Morgan fingerprint density at radius 3 is 3.18 bits per heavy atom. The molecule has 90 valence electrons. The van der Waals surface area contributed by atoms with Gasteiger partial charge in [-0.2, -0.15) is 5.10 Å². The van der Waals surface area contributed by atoms with E-state index < -0.39 is 0 Å². The van der Waals surface area contributed by atoms with Gasteiger partial charge in [0, 0.05) is 6.54 Å². The summed E-state index contributed by atoms with van der Waals surface area (Å²) in [5, 5.41) is 4.13.